The molecule has 3 aromatic rings. The van der Waals surface area contributed by atoms with Crippen LogP contribution in [0.1, 0.15) is 46.7 Å². The summed E-state index contributed by atoms with van der Waals surface area (Å²) in [6.45, 7) is 2.54. The molecule has 1 saturated heterocycles. The van der Waals surface area contributed by atoms with Crippen LogP contribution >= 0.6 is 0 Å². The fraction of sp³-hybridized carbons (Fsp3) is 0.455. The third-order valence-electron chi connectivity index (χ3n) is 6.22. The van der Waals surface area contributed by atoms with Crippen LogP contribution in [-0.2, 0) is 26.4 Å². The zero-order valence-electron chi connectivity index (χ0n) is 16.4. The summed E-state index contributed by atoms with van der Waals surface area (Å²) in [7, 11) is 1.97. The Hall–Kier alpha value is -2.60. The number of benzene rings is 1. The molecular formula is C22H27N5O. The van der Waals surface area contributed by atoms with Gasteiger partial charge in [0.25, 0.3) is 5.91 Å². The van der Waals surface area contributed by atoms with Gasteiger partial charge in [0, 0.05) is 55.2 Å². The first-order valence-corrected chi connectivity index (χ1v) is 10.3. The van der Waals surface area contributed by atoms with E-state index in [2.05, 4.69) is 45.7 Å². The van der Waals surface area contributed by atoms with Gasteiger partial charge in [0.15, 0.2) is 5.69 Å². The van der Waals surface area contributed by atoms with Crippen molar-refractivity contribution < 1.29 is 4.79 Å². The number of fused-ring (bicyclic) bond motifs is 2. The first-order chi connectivity index (χ1) is 13.7. The maximum Gasteiger partial charge on any atom is 0.274 e. The highest BCUT2D eigenvalue weighted by atomic mass is 16.2. The van der Waals surface area contributed by atoms with Gasteiger partial charge < -0.3 is 15.2 Å². The van der Waals surface area contributed by atoms with Crippen LogP contribution in [-0.4, -0.2) is 44.7 Å². The highest BCUT2D eigenvalue weighted by molar-refractivity contribution is 5.94. The number of amides is 1. The molecule has 0 spiro atoms. The van der Waals surface area contributed by atoms with Crippen LogP contribution in [0.5, 0.6) is 0 Å². The Morgan fingerprint density at radius 3 is 2.93 bits per heavy atom. The zero-order chi connectivity index (χ0) is 19.1. The van der Waals surface area contributed by atoms with E-state index in [-0.39, 0.29) is 5.91 Å². The lowest BCUT2D eigenvalue weighted by Crippen LogP contribution is -2.35. The summed E-state index contributed by atoms with van der Waals surface area (Å²) >= 11 is 0. The molecule has 5 rings (SSSR count). The number of carbonyl (C=O) groups is 1. The second-order valence-electron chi connectivity index (χ2n) is 8.10. The molecule has 6 nitrogen and oxygen atoms in total. The van der Waals surface area contributed by atoms with Gasteiger partial charge in [0.05, 0.1) is 0 Å². The minimum atomic E-state index is 0.116. The van der Waals surface area contributed by atoms with Gasteiger partial charge >= 0.3 is 0 Å². The number of para-hydroxylation sites is 1. The van der Waals surface area contributed by atoms with E-state index >= 15 is 0 Å². The molecular weight excluding hydrogens is 350 g/mol. The Labute approximate surface area is 164 Å². The van der Waals surface area contributed by atoms with Crippen molar-refractivity contribution in [2.45, 2.75) is 44.7 Å². The number of hydrogen-bond donors (Lipinski definition) is 2. The molecule has 1 aromatic carbocycles. The molecule has 0 bridgehead atoms. The lowest BCUT2D eigenvalue weighted by molar-refractivity contribution is 0.0785. The summed E-state index contributed by atoms with van der Waals surface area (Å²) in [6.07, 6.45) is 5.13. The molecule has 1 amide bonds. The first kappa shape index (κ1) is 17.5. The number of carbonyl (C=O) groups excluding carboxylic acids is 1. The van der Waals surface area contributed by atoms with Crippen LogP contribution in [0.15, 0.2) is 30.3 Å². The van der Waals surface area contributed by atoms with Crippen molar-refractivity contribution >= 4 is 16.8 Å². The van der Waals surface area contributed by atoms with Gasteiger partial charge in [0.1, 0.15) is 0 Å². The maximum atomic E-state index is 12.9. The largest absolute Gasteiger partial charge is 0.357 e. The Balaban J connectivity index is 1.30. The second-order valence-corrected chi connectivity index (χ2v) is 8.10. The van der Waals surface area contributed by atoms with E-state index in [1.807, 2.05) is 16.6 Å². The topological polar surface area (TPSA) is 66.0 Å². The van der Waals surface area contributed by atoms with Crippen molar-refractivity contribution in [3.8, 4) is 0 Å². The van der Waals surface area contributed by atoms with Crippen molar-refractivity contribution in [2.75, 3.05) is 13.1 Å². The highest BCUT2D eigenvalue weighted by Crippen LogP contribution is 2.26. The van der Waals surface area contributed by atoms with Gasteiger partial charge in [-0.3, -0.25) is 9.48 Å². The molecule has 2 aliphatic rings. The van der Waals surface area contributed by atoms with E-state index in [0.29, 0.717) is 11.7 Å². The van der Waals surface area contributed by atoms with Crippen LogP contribution in [0.4, 0.5) is 0 Å². The van der Waals surface area contributed by atoms with E-state index in [0.717, 1.165) is 57.3 Å². The molecule has 1 atom stereocenters. The molecule has 28 heavy (non-hydrogen) atoms. The standard InChI is InChI=1S/C22H27N5O/c1-26-20-9-8-16(23-14-17-12-15-6-2-3-7-19(15)24-17)13-18(20)21(25-26)22(28)27-10-4-5-11-27/h2-3,6-7,12,16,23-24H,4-5,8-11,13-14H2,1H3. The smallest absolute Gasteiger partial charge is 0.274 e. The van der Waals surface area contributed by atoms with E-state index in [1.165, 1.54) is 22.3 Å². The van der Waals surface area contributed by atoms with Crippen LogP contribution in [0.3, 0.4) is 0 Å². The summed E-state index contributed by atoms with van der Waals surface area (Å²) in [5.41, 5.74) is 5.44. The van der Waals surface area contributed by atoms with Gasteiger partial charge in [0.2, 0.25) is 0 Å². The number of H-pyrrole nitrogens is 1. The summed E-state index contributed by atoms with van der Waals surface area (Å²) < 4.78 is 1.92. The number of rotatable bonds is 4. The molecule has 2 N–H and O–H groups in total. The third-order valence-corrected chi connectivity index (χ3v) is 6.22. The molecule has 1 aliphatic carbocycles. The van der Waals surface area contributed by atoms with Gasteiger partial charge in [-0.1, -0.05) is 18.2 Å². The molecule has 1 fully saturated rings. The predicted octanol–water partition coefficient (Wildman–Crippen LogP) is 2.78. The number of nitrogens with one attached hydrogen (secondary N) is 2. The number of hydrogen-bond acceptors (Lipinski definition) is 3. The van der Waals surface area contributed by atoms with Crippen molar-refractivity contribution in [3.05, 3.63) is 53.0 Å². The quantitative estimate of drug-likeness (QED) is 0.735. The van der Waals surface area contributed by atoms with E-state index in [9.17, 15) is 4.79 Å². The Morgan fingerprint density at radius 2 is 2.11 bits per heavy atom. The third kappa shape index (κ3) is 3.11. The second kappa shape index (κ2) is 7.09. The first-order valence-electron chi connectivity index (χ1n) is 10.3. The molecule has 6 heteroatoms. The Bertz CT molecular complexity index is 978. The fourth-order valence-corrected chi connectivity index (χ4v) is 4.69. The van der Waals surface area contributed by atoms with Crippen molar-refractivity contribution in [2.24, 2.45) is 7.05 Å². The average molecular weight is 377 g/mol. The molecule has 0 radical (unpaired) electrons. The number of likely N-dealkylation sites (tertiary alicyclic amines) is 1. The predicted molar refractivity (Wildman–Crippen MR) is 109 cm³/mol. The fourth-order valence-electron chi connectivity index (χ4n) is 4.69. The molecule has 0 saturated carbocycles. The summed E-state index contributed by atoms with van der Waals surface area (Å²) in [4.78, 5) is 18.4. The molecule has 2 aromatic heterocycles. The summed E-state index contributed by atoms with van der Waals surface area (Å²) in [5.74, 6) is 0.116. The molecule has 146 valence electrons. The van der Waals surface area contributed by atoms with E-state index < -0.39 is 0 Å². The van der Waals surface area contributed by atoms with E-state index in [1.54, 1.807) is 0 Å². The van der Waals surface area contributed by atoms with Gasteiger partial charge in [-0.25, -0.2) is 0 Å². The van der Waals surface area contributed by atoms with Crippen LogP contribution in [0.25, 0.3) is 10.9 Å². The Kier molecular flexibility index (Phi) is 4.43. The van der Waals surface area contributed by atoms with Crippen LogP contribution < -0.4 is 5.32 Å². The highest BCUT2D eigenvalue weighted by Gasteiger charge is 2.31. The molecule has 1 aliphatic heterocycles. The number of aryl methyl sites for hydroxylation is 1. The number of aromatic nitrogens is 3. The van der Waals surface area contributed by atoms with Crippen molar-refractivity contribution in [1.29, 1.82) is 0 Å². The van der Waals surface area contributed by atoms with Crippen molar-refractivity contribution in [1.82, 2.24) is 25.0 Å². The lowest BCUT2D eigenvalue weighted by Gasteiger charge is -2.24. The average Bonchev–Trinajstić information content (AvgIpc) is 3.44. The Morgan fingerprint density at radius 1 is 1.29 bits per heavy atom. The SMILES string of the molecule is Cn1nc(C(=O)N2CCCC2)c2c1CCC(NCc1cc3ccccc3[nH]1)C2. The van der Waals surface area contributed by atoms with E-state index in [4.69, 9.17) is 0 Å². The maximum absolute atomic E-state index is 12.9. The number of nitrogens with zero attached hydrogens (tertiary/aromatic N) is 3. The summed E-state index contributed by atoms with van der Waals surface area (Å²) in [6, 6.07) is 10.9. The van der Waals surface area contributed by atoms with Gasteiger partial charge in [-0.15, -0.1) is 0 Å². The van der Waals surface area contributed by atoms with Gasteiger partial charge in [-0.05, 0) is 49.6 Å². The minimum Gasteiger partial charge on any atom is -0.357 e. The number of aromatic amines is 1. The molecule has 3 heterocycles. The van der Waals surface area contributed by atoms with Crippen LogP contribution in [0, 0.1) is 0 Å². The lowest BCUT2D eigenvalue weighted by atomic mass is 9.91. The van der Waals surface area contributed by atoms with Crippen LogP contribution in [0.2, 0.25) is 0 Å². The summed E-state index contributed by atoms with van der Waals surface area (Å²) in [5, 5.41) is 9.55. The van der Waals surface area contributed by atoms with Crippen molar-refractivity contribution in [3.63, 3.8) is 0 Å². The molecule has 1 unspecified atom stereocenters. The monoisotopic (exact) mass is 377 g/mol. The zero-order valence-corrected chi connectivity index (χ0v) is 16.4. The van der Waals surface area contributed by atoms with Gasteiger partial charge in [-0.2, -0.15) is 5.10 Å². The normalized spacial score (nSPS) is 19.3. The minimum absolute atomic E-state index is 0.116.